The molecule has 1 aromatic heterocycles. The van der Waals surface area contributed by atoms with Crippen molar-refractivity contribution in [3.05, 3.63) is 34.4 Å². The molecule has 1 aromatic carbocycles. The van der Waals surface area contributed by atoms with E-state index in [4.69, 9.17) is 5.73 Å². The predicted octanol–water partition coefficient (Wildman–Crippen LogP) is 0.837. The summed E-state index contributed by atoms with van der Waals surface area (Å²) in [7, 11) is -2.25. The van der Waals surface area contributed by atoms with E-state index in [1.807, 2.05) is 6.07 Å². The second kappa shape index (κ2) is 5.27. The molecule has 0 spiro atoms. The van der Waals surface area contributed by atoms with Crippen molar-refractivity contribution in [2.75, 3.05) is 4.72 Å². The van der Waals surface area contributed by atoms with Crippen LogP contribution in [0.1, 0.15) is 5.56 Å². The van der Waals surface area contributed by atoms with E-state index in [1.54, 1.807) is 18.2 Å². The molecule has 0 aliphatic heterocycles. The van der Waals surface area contributed by atoms with Gasteiger partial charge >= 0.3 is 0 Å². The number of nitrogens with two attached hydrogens (primary N) is 1. The van der Waals surface area contributed by atoms with Gasteiger partial charge in [0.25, 0.3) is 10.0 Å². The van der Waals surface area contributed by atoms with Crippen LogP contribution in [0.25, 0.3) is 0 Å². The minimum Gasteiger partial charge on any atom is -0.326 e. The normalized spacial score (nSPS) is 11.5. The molecule has 7 nitrogen and oxygen atoms in total. The Kier molecular flexibility index (Phi) is 3.88. The first-order valence-electron chi connectivity index (χ1n) is 5.31. The van der Waals surface area contributed by atoms with Crippen molar-refractivity contribution >= 4 is 31.6 Å². The third-order valence-corrected chi connectivity index (χ3v) is 4.67. The van der Waals surface area contributed by atoms with Crippen molar-refractivity contribution in [2.45, 2.75) is 11.6 Å². The van der Waals surface area contributed by atoms with Crippen LogP contribution in [0.15, 0.2) is 33.9 Å². The second-order valence-corrected chi connectivity index (χ2v) is 6.17. The monoisotopic (exact) mass is 345 g/mol. The first-order valence-corrected chi connectivity index (χ1v) is 7.58. The molecular weight excluding hydrogens is 334 g/mol. The van der Waals surface area contributed by atoms with E-state index in [0.29, 0.717) is 12.2 Å². The summed E-state index contributed by atoms with van der Waals surface area (Å²) in [6.07, 6.45) is 0. The Bertz CT molecular complexity index is 678. The van der Waals surface area contributed by atoms with Crippen LogP contribution < -0.4 is 10.5 Å². The molecule has 0 saturated heterocycles. The third kappa shape index (κ3) is 2.94. The number of nitrogens with zero attached hydrogens (tertiary/aromatic N) is 3. The number of nitrogens with one attached hydrogen (secondary N) is 1. The maximum atomic E-state index is 12.2. The van der Waals surface area contributed by atoms with E-state index in [-0.39, 0.29) is 9.63 Å². The number of sulfonamides is 1. The summed E-state index contributed by atoms with van der Waals surface area (Å²) in [4.78, 5) is 0. The lowest BCUT2D eigenvalue weighted by Gasteiger charge is -2.08. The molecular formula is C10H12BrN5O2S. The van der Waals surface area contributed by atoms with Crippen molar-refractivity contribution in [1.82, 2.24) is 15.0 Å². The lowest BCUT2D eigenvalue weighted by Crippen LogP contribution is -2.17. The number of anilines is 1. The van der Waals surface area contributed by atoms with Crippen molar-refractivity contribution in [2.24, 2.45) is 12.8 Å². The van der Waals surface area contributed by atoms with Gasteiger partial charge in [0.1, 0.15) is 0 Å². The Hall–Kier alpha value is -1.45. The van der Waals surface area contributed by atoms with Gasteiger partial charge in [0.15, 0.2) is 4.60 Å². The highest BCUT2D eigenvalue weighted by atomic mass is 79.9. The molecule has 0 bridgehead atoms. The Morgan fingerprint density at radius 3 is 2.79 bits per heavy atom. The fourth-order valence-corrected chi connectivity index (χ4v) is 3.72. The van der Waals surface area contributed by atoms with E-state index in [0.717, 1.165) is 5.56 Å². The smallest absolute Gasteiger partial charge is 0.281 e. The number of aryl methyl sites for hydroxylation is 1. The number of hydrogen-bond donors (Lipinski definition) is 2. The summed E-state index contributed by atoms with van der Waals surface area (Å²) in [6, 6.07) is 6.87. The Balaban J connectivity index is 2.36. The van der Waals surface area contributed by atoms with Crippen LogP contribution in [0.5, 0.6) is 0 Å². The summed E-state index contributed by atoms with van der Waals surface area (Å²) >= 11 is 3.06. The van der Waals surface area contributed by atoms with Gasteiger partial charge in [-0.2, -0.15) is 8.42 Å². The molecule has 102 valence electrons. The maximum Gasteiger partial charge on any atom is 0.281 e. The van der Waals surface area contributed by atoms with Crippen molar-refractivity contribution in [3.63, 3.8) is 0 Å². The van der Waals surface area contributed by atoms with Crippen molar-refractivity contribution in [3.8, 4) is 0 Å². The van der Waals surface area contributed by atoms with Gasteiger partial charge < -0.3 is 5.73 Å². The number of benzene rings is 1. The third-order valence-electron chi connectivity index (χ3n) is 2.41. The first kappa shape index (κ1) is 14.0. The van der Waals surface area contributed by atoms with Crippen LogP contribution in [0, 0.1) is 0 Å². The highest BCUT2D eigenvalue weighted by molar-refractivity contribution is 9.10. The number of aromatic nitrogens is 3. The van der Waals surface area contributed by atoms with Gasteiger partial charge in [0, 0.05) is 19.3 Å². The molecule has 0 atom stereocenters. The van der Waals surface area contributed by atoms with Crippen LogP contribution in [0.4, 0.5) is 5.69 Å². The van der Waals surface area contributed by atoms with Gasteiger partial charge in [-0.05, 0) is 33.6 Å². The van der Waals surface area contributed by atoms with Gasteiger partial charge in [-0.3, -0.25) is 4.72 Å². The van der Waals surface area contributed by atoms with Gasteiger partial charge in [-0.1, -0.05) is 17.3 Å². The van der Waals surface area contributed by atoms with Crippen LogP contribution in [0.2, 0.25) is 0 Å². The Morgan fingerprint density at radius 2 is 2.21 bits per heavy atom. The van der Waals surface area contributed by atoms with E-state index < -0.39 is 10.0 Å². The number of halogens is 1. The largest absolute Gasteiger partial charge is 0.326 e. The van der Waals surface area contributed by atoms with Crippen LogP contribution in [-0.2, 0) is 23.6 Å². The molecule has 0 aliphatic carbocycles. The predicted molar refractivity (Wildman–Crippen MR) is 73.8 cm³/mol. The number of hydrogen-bond acceptors (Lipinski definition) is 5. The van der Waals surface area contributed by atoms with E-state index >= 15 is 0 Å². The van der Waals surface area contributed by atoms with E-state index in [2.05, 4.69) is 31.0 Å². The summed E-state index contributed by atoms with van der Waals surface area (Å²) < 4.78 is 28.3. The van der Waals surface area contributed by atoms with Crippen molar-refractivity contribution < 1.29 is 8.42 Å². The molecule has 0 unspecified atom stereocenters. The zero-order chi connectivity index (χ0) is 14.0. The fraction of sp³-hybridized carbons (Fsp3) is 0.200. The standard InChI is InChI=1S/C10H12BrN5O2S/c1-16-10(9(11)13-15-16)19(17,18)14-8-4-2-3-7(5-8)6-12/h2-5,14H,6,12H2,1H3. The average molecular weight is 346 g/mol. The van der Waals surface area contributed by atoms with Gasteiger partial charge in [0.05, 0.1) is 0 Å². The second-order valence-electron chi connectivity index (χ2n) is 3.82. The van der Waals surface area contributed by atoms with Crippen LogP contribution >= 0.6 is 15.9 Å². The molecule has 2 rings (SSSR count). The highest BCUT2D eigenvalue weighted by Gasteiger charge is 2.23. The molecule has 0 amide bonds. The minimum atomic E-state index is -3.76. The molecule has 0 radical (unpaired) electrons. The number of rotatable bonds is 4. The summed E-state index contributed by atoms with van der Waals surface area (Å²) in [6.45, 7) is 0.340. The zero-order valence-corrected chi connectivity index (χ0v) is 12.4. The summed E-state index contributed by atoms with van der Waals surface area (Å²) in [5.74, 6) is 0. The molecule has 19 heavy (non-hydrogen) atoms. The molecule has 0 aliphatic rings. The molecule has 3 N–H and O–H groups in total. The van der Waals surface area contributed by atoms with Gasteiger partial charge in [-0.15, -0.1) is 5.10 Å². The molecule has 0 fully saturated rings. The maximum absolute atomic E-state index is 12.2. The molecule has 9 heteroatoms. The van der Waals surface area contributed by atoms with E-state index in [9.17, 15) is 8.42 Å². The average Bonchev–Trinajstić information content (AvgIpc) is 2.69. The topological polar surface area (TPSA) is 103 Å². The summed E-state index contributed by atoms with van der Waals surface area (Å²) in [5, 5.41) is 7.25. The first-order chi connectivity index (χ1) is 8.94. The zero-order valence-electron chi connectivity index (χ0n) is 10.0. The molecule has 0 saturated carbocycles. The van der Waals surface area contributed by atoms with E-state index in [1.165, 1.54) is 11.7 Å². The Labute approximate surface area is 119 Å². The van der Waals surface area contributed by atoms with Gasteiger partial charge in [-0.25, -0.2) is 4.68 Å². The van der Waals surface area contributed by atoms with Gasteiger partial charge in [0.2, 0.25) is 5.03 Å². The Morgan fingerprint density at radius 1 is 1.47 bits per heavy atom. The molecule has 2 aromatic rings. The lowest BCUT2D eigenvalue weighted by molar-refractivity contribution is 0.578. The molecule has 1 heterocycles. The van der Waals surface area contributed by atoms with Crippen molar-refractivity contribution in [1.29, 1.82) is 0 Å². The highest BCUT2D eigenvalue weighted by Crippen LogP contribution is 2.21. The fourth-order valence-electron chi connectivity index (χ4n) is 1.57. The minimum absolute atomic E-state index is 0.0364. The summed E-state index contributed by atoms with van der Waals surface area (Å²) in [5.41, 5.74) is 6.79. The lowest BCUT2D eigenvalue weighted by atomic mass is 10.2. The van der Waals surface area contributed by atoms with Crippen LogP contribution in [0.3, 0.4) is 0 Å². The SMILES string of the molecule is Cn1nnc(Br)c1S(=O)(=O)Nc1cccc(CN)c1. The van der Waals surface area contributed by atoms with Crippen LogP contribution in [-0.4, -0.2) is 23.4 Å². The quantitative estimate of drug-likeness (QED) is 0.854.